The van der Waals surface area contributed by atoms with Gasteiger partial charge in [-0.05, 0) is 61.2 Å². The van der Waals surface area contributed by atoms with Gasteiger partial charge < -0.3 is 4.89 Å². The van der Waals surface area contributed by atoms with Crippen molar-refractivity contribution >= 4 is 24.0 Å². The summed E-state index contributed by atoms with van der Waals surface area (Å²) in [4.78, 5) is 5.95. The normalized spacial score (nSPS) is 11.6. The van der Waals surface area contributed by atoms with Gasteiger partial charge in [0.05, 0.1) is 11.4 Å². The quantitative estimate of drug-likeness (QED) is 0.186. The average Bonchev–Trinajstić information content (AvgIpc) is 3.12. The molecule has 28 heavy (non-hydrogen) atoms. The fraction of sp³-hybridized carbons (Fsp3) is 0.167. The molecule has 0 aliphatic heterocycles. The van der Waals surface area contributed by atoms with Gasteiger partial charge in [0.15, 0.2) is 11.4 Å². The molecule has 0 saturated carbocycles. The van der Waals surface area contributed by atoms with Gasteiger partial charge >= 0.3 is 6.18 Å². The molecule has 3 rings (SSSR count). The van der Waals surface area contributed by atoms with Crippen LogP contribution in [-0.2, 0) is 10.5 Å². The lowest BCUT2D eigenvalue weighted by Gasteiger charge is -2.10. The van der Waals surface area contributed by atoms with E-state index in [4.69, 9.17) is 10.0 Å². The monoisotopic (exact) mass is 427 g/mol. The van der Waals surface area contributed by atoms with Crippen molar-refractivity contribution in [3.63, 3.8) is 0 Å². The fourth-order valence-corrected chi connectivity index (χ4v) is 3.36. The molecule has 2 N–H and O–H groups in total. The van der Waals surface area contributed by atoms with Crippen molar-refractivity contribution in [1.29, 1.82) is 0 Å². The standard InChI is InChI=1S/C18H16F3N3O2S2/c1-11-9-12(3-8-16(11)27-2)15-10-17(18(19,20)21)23-24(15)13-4-6-14(7-5-13)25-26-28-22/h3-10H,22H2,1-2H3. The molecule has 148 valence electrons. The summed E-state index contributed by atoms with van der Waals surface area (Å²) in [6.07, 6.45) is -2.60. The zero-order valence-corrected chi connectivity index (χ0v) is 16.5. The molecular formula is C18H16F3N3O2S2. The van der Waals surface area contributed by atoms with Crippen molar-refractivity contribution in [2.24, 2.45) is 5.14 Å². The number of rotatable bonds is 6. The molecule has 0 bridgehead atoms. The third-order valence-corrected chi connectivity index (χ3v) is 4.99. The zero-order valence-electron chi connectivity index (χ0n) is 14.9. The van der Waals surface area contributed by atoms with Crippen LogP contribution < -0.4 is 10.0 Å². The van der Waals surface area contributed by atoms with Crippen molar-refractivity contribution < 1.29 is 22.4 Å². The Bertz CT molecular complexity index is 960. The molecule has 10 heteroatoms. The van der Waals surface area contributed by atoms with Gasteiger partial charge in [-0.25, -0.2) is 4.68 Å². The van der Waals surface area contributed by atoms with Crippen LogP contribution in [0.2, 0.25) is 0 Å². The molecule has 3 aromatic rings. The fourth-order valence-electron chi connectivity index (χ4n) is 2.66. The summed E-state index contributed by atoms with van der Waals surface area (Å²) in [5, 5.41) is 8.89. The van der Waals surface area contributed by atoms with Gasteiger partial charge in [-0.1, -0.05) is 10.4 Å². The maximum absolute atomic E-state index is 13.3. The molecule has 5 nitrogen and oxygen atoms in total. The molecule has 0 radical (unpaired) electrons. The van der Waals surface area contributed by atoms with E-state index >= 15 is 0 Å². The first kappa shape index (κ1) is 20.6. The van der Waals surface area contributed by atoms with E-state index in [1.807, 2.05) is 25.3 Å². The molecule has 0 unspecified atom stereocenters. The predicted molar refractivity (Wildman–Crippen MR) is 104 cm³/mol. The van der Waals surface area contributed by atoms with Crippen molar-refractivity contribution in [3.8, 4) is 22.7 Å². The minimum atomic E-state index is -4.55. The summed E-state index contributed by atoms with van der Waals surface area (Å²) in [6.45, 7) is 1.92. The Kier molecular flexibility index (Phi) is 6.23. The third kappa shape index (κ3) is 4.46. The Balaban J connectivity index is 2.07. The molecule has 0 aliphatic rings. The summed E-state index contributed by atoms with van der Waals surface area (Å²) < 4.78 is 45.7. The molecule has 1 aromatic heterocycles. The van der Waals surface area contributed by atoms with Crippen LogP contribution in [0.5, 0.6) is 5.75 Å². The van der Waals surface area contributed by atoms with Gasteiger partial charge in [0, 0.05) is 10.5 Å². The number of alkyl halides is 3. The van der Waals surface area contributed by atoms with E-state index in [1.54, 1.807) is 42.1 Å². The van der Waals surface area contributed by atoms with E-state index in [2.05, 4.69) is 9.43 Å². The van der Waals surface area contributed by atoms with E-state index in [1.165, 1.54) is 4.68 Å². The van der Waals surface area contributed by atoms with Crippen LogP contribution in [0.1, 0.15) is 11.3 Å². The van der Waals surface area contributed by atoms with Crippen LogP contribution in [0.15, 0.2) is 53.4 Å². The topological polar surface area (TPSA) is 62.3 Å². The van der Waals surface area contributed by atoms with Crippen molar-refractivity contribution in [3.05, 3.63) is 59.8 Å². The Morgan fingerprint density at radius 1 is 1.07 bits per heavy atom. The number of halogens is 3. The van der Waals surface area contributed by atoms with Gasteiger partial charge in [0.1, 0.15) is 12.2 Å². The highest BCUT2D eigenvalue weighted by molar-refractivity contribution is 7.98. The number of hydrogen-bond acceptors (Lipinski definition) is 6. The van der Waals surface area contributed by atoms with Crippen LogP contribution in [0.4, 0.5) is 13.2 Å². The lowest BCUT2D eigenvalue weighted by molar-refractivity contribution is -0.141. The summed E-state index contributed by atoms with van der Waals surface area (Å²) in [5.41, 5.74) is 1.45. The van der Waals surface area contributed by atoms with E-state index in [-0.39, 0.29) is 0 Å². The van der Waals surface area contributed by atoms with Crippen LogP contribution in [-0.4, -0.2) is 16.0 Å². The van der Waals surface area contributed by atoms with E-state index in [9.17, 15) is 13.2 Å². The lowest BCUT2D eigenvalue weighted by atomic mass is 10.1. The van der Waals surface area contributed by atoms with Gasteiger partial charge in [-0.3, -0.25) is 5.14 Å². The molecule has 0 spiro atoms. The maximum atomic E-state index is 13.3. The Labute approximate surface area is 168 Å². The highest BCUT2D eigenvalue weighted by Gasteiger charge is 2.35. The molecule has 1 heterocycles. The number of nitrogens with zero attached hydrogens (tertiary/aromatic N) is 2. The number of hydrogen-bond donors (Lipinski definition) is 1. The highest BCUT2D eigenvalue weighted by Crippen LogP contribution is 2.34. The number of aryl methyl sites for hydroxylation is 1. The summed E-state index contributed by atoms with van der Waals surface area (Å²) in [6, 6.07) is 12.8. The molecule has 2 aromatic carbocycles. The first-order chi connectivity index (χ1) is 13.3. The largest absolute Gasteiger partial charge is 0.435 e. The number of benzene rings is 2. The van der Waals surface area contributed by atoms with Crippen molar-refractivity contribution in [1.82, 2.24) is 9.78 Å². The minimum Gasteiger partial charge on any atom is -0.324 e. The second-order valence-corrected chi connectivity index (χ2v) is 6.93. The van der Waals surface area contributed by atoms with Crippen LogP contribution in [0, 0.1) is 6.92 Å². The summed E-state index contributed by atoms with van der Waals surface area (Å²) >= 11 is 2.12. The molecule has 0 amide bonds. The van der Waals surface area contributed by atoms with Crippen molar-refractivity contribution in [2.45, 2.75) is 18.0 Å². The summed E-state index contributed by atoms with van der Waals surface area (Å²) in [7, 11) is 0. The number of nitrogens with two attached hydrogens (primary N) is 1. The lowest BCUT2D eigenvalue weighted by Crippen LogP contribution is -2.07. The Hall–Kier alpha value is -2.14. The van der Waals surface area contributed by atoms with E-state index < -0.39 is 11.9 Å². The van der Waals surface area contributed by atoms with Gasteiger partial charge in [0.2, 0.25) is 0 Å². The second kappa shape index (κ2) is 8.48. The number of thioether (sulfide) groups is 1. The van der Waals surface area contributed by atoms with Crippen molar-refractivity contribution in [2.75, 3.05) is 6.26 Å². The van der Waals surface area contributed by atoms with E-state index in [0.29, 0.717) is 34.9 Å². The summed E-state index contributed by atoms with van der Waals surface area (Å²) in [5.74, 6) is 0.353. The highest BCUT2D eigenvalue weighted by atomic mass is 32.2. The maximum Gasteiger partial charge on any atom is 0.435 e. The van der Waals surface area contributed by atoms with Gasteiger partial charge in [-0.2, -0.15) is 18.3 Å². The Morgan fingerprint density at radius 2 is 1.79 bits per heavy atom. The first-order valence-electron chi connectivity index (χ1n) is 7.96. The number of aromatic nitrogens is 2. The average molecular weight is 427 g/mol. The van der Waals surface area contributed by atoms with Crippen LogP contribution in [0.3, 0.4) is 0 Å². The second-order valence-electron chi connectivity index (χ2n) is 5.75. The molecule has 0 aliphatic carbocycles. The Morgan fingerprint density at radius 3 is 2.36 bits per heavy atom. The van der Waals surface area contributed by atoms with Gasteiger partial charge in [0.25, 0.3) is 0 Å². The predicted octanol–water partition coefficient (Wildman–Crippen LogP) is 5.42. The smallest absolute Gasteiger partial charge is 0.324 e. The van der Waals surface area contributed by atoms with E-state index in [0.717, 1.165) is 16.5 Å². The van der Waals surface area contributed by atoms with Gasteiger partial charge in [-0.15, -0.1) is 11.8 Å². The molecule has 0 saturated heterocycles. The molecular weight excluding hydrogens is 411 g/mol. The first-order valence-corrected chi connectivity index (χ1v) is 9.99. The third-order valence-electron chi connectivity index (χ3n) is 3.94. The van der Waals surface area contributed by atoms with Crippen LogP contribution >= 0.6 is 24.0 Å². The molecule has 0 atom stereocenters. The minimum absolute atomic E-state index is 0.338. The van der Waals surface area contributed by atoms with Crippen LogP contribution in [0.25, 0.3) is 16.9 Å². The zero-order chi connectivity index (χ0) is 20.3. The molecule has 0 fully saturated rings. The SMILES string of the molecule is CSc1ccc(-c2cc(C(F)(F)F)nn2-c2ccc(OOSN)cc2)cc1C.